The molecule has 2 aromatic carbocycles. The number of rotatable bonds is 5. The molecule has 2 aromatic rings. The Bertz CT molecular complexity index is 700. The minimum atomic E-state index is 0.0250. The summed E-state index contributed by atoms with van der Waals surface area (Å²) in [4.78, 5) is 15.8. The first-order valence-corrected chi connectivity index (χ1v) is 8.71. The molecule has 0 saturated heterocycles. The number of thioether (sulfide) groups is 1. The summed E-state index contributed by atoms with van der Waals surface area (Å²) in [5, 5.41) is 8.86. The summed E-state index contributed by atoms with van der Waals surface area (Å²) < 4.78 is 0. The average molecular weight is 324 g/mol. The molecular weight excluding hydrogens is 304 g/mol. The SMILES string of the molecule is CSc1ccc(C(=O)N(Cc2ccc(C#N)cc2)C(C)C)cc1. The van der Waals surface area contributed by atoms with Crippen LogP contribution in [0.4, 0.5) is 0 Å². The highest BCUT2D eigenvalue weighted by atomic mass is 32.2. The molecule has 0 aliphatic heterocycles. The van der Waals surface area contributed by atoms with E-state index in [1.165, 1.54) is 0 Å². The van der Waals surface area contributed by atoms with Crippen molar-refractivity contribution in [2.45, 2.75) is 31.3 Å². The molecule has 0 aromatic heterocycles. The van der Waals surface area contributed by atoms with Gasteiger partial charge >= 0.3 is 0 Å². The van der Waals surface area contributed by atoms with Crippen molar-refractivity contribution >= 4 is 17.7 Å². The highest BCUT2D eigenvalue weighted by molar-refractivity contribution is 7.98. The molecule has 0 spiro atoms. The fourth-order valence-corrected chi connectivity index (χ4v) is 2.68. The molecule has 0 aliphatic carbocycles. The van der Waals surface area contributed by atoms with Gasteiger partial charge in [0.05, 0.1) is 11.6 Å². The van der Waals surface area contributed by atoms with Crippen LogP contribution < -0.4 is 0 Å². The number of amides is 1. The number of nitriles is 1. The number of hydrogen-bond donors (Lipinski definition) is 0. The molecule has 1 amide bonds. The Morgan fingerprint density at radius 3 is 2.22 bits per heavy atom. The second kappa shape index (κ2) is 7.85. The van der Waals surface area contributed by atoms with Gasteiger partial charge in [-0.05, 0) is 62.1 Å². The van der Waals surface area contributed by atoms with Gasteiger partial charge in [0.15, 0.2) is 0 Å². The zero-order chi connectivity index (χ0) is 16.8. The van der Waals surface area contributed by atoms with Crippen molar-refractivity contribution in [3.8, 4) is 6.07 Å². The maximum absolute atomic E-state index is 12.8. The molecule has 0 unspecified atom stereocenters. The van der Waals surface area contributed by atoms with E-state index in [1.54, 1.807) is 23.9 Å². The van der Waals surface area contributed by atoms with Crippen molar-refractivity contribution in [3.63, 3.8) is 0 Å². The lowest BCUT2D eigenvalue weighted by molar-refractivity contribution is 0.0690. The van der Waals surface area contributed by atoms with Crippen LogP contribution in [0.1, 0.15) is 35.3 Å². The van der Waals surface area contributed by atoms with Gasteiger partial charge in [-0.3, -0.25) is 4.79 Å². The van der Waals surface area contributed by atoms with E-state index in [0.717, 1.165) is 10.5 Å². The van der Waals surface area contributed by atoms with Gasteiger partial charge in [-0.25, -0.2) is 0 Å². The Balaban J connectivity index is 2.19. The van der Waals surface area contributed by atoms with Crippen molar-refractivity contribution in [1.29, 1.82) is 5.26 Å². The van der Waals surface area contributed by atoms with Crippen LogP contribution in [-0.2, 0) is 6.54 Å². The first-order chi connectivity index (χ1) is 11.0. The van der Waals surface area contributed by atoms with E-state index in [2.05, 4.69) is 6.07 Å². The average Bonchev–Trinajstić information content (AvgIpc) is 2.59. The maximum Gasteiger partial charge on any atom is 0.254 e. The first kappa shape index (κ1) is 17.1. The molecule has 0 atom stereocenters. The number of nitrogens with zero attached hydrogens (tertiary/aromatic N) is 2. The lowest BCUT2D eigenvalue weighted by Gasteiger charge is -2.27. The zero-order valence-corrected chi connectivity index (χ0v) is 14.4. The van der Waals surface area contributed by atoms with E-state index in [4.69, 9.17) is 5.26 Å². The molecule has 0 aliphatic rings. The molecule has 3 nitrogen and oxygen atoms in total. The Morgan fingerprint density at radius 1 is 1.13 bits per heavy atom. The van der Waals surface area contributed by atoms with Gasteiger partial charge in [-0.15, -0.1) is 11.8 Å². The van der Waals surface area contributed by atoms with Crippen LogP contribution >= 0.6 is 11.8 Å². The molecule has 0 radical (unpaired) electrons. The van der Waals surface area contributed by atoms with Gasteiger partial charge < -0.3 is 4.90 Å². The number of benzene rings is 2. The van der Waals surface area contributed by atoms with Crippen molar-refractivity contribution in [3.05, 3.63) is 65.2 Å². The molecule has 0 fully saturated rings. The monoisotopic (exact) mass is 324 g/mol. The number of hydrogen-bond acceptors (Lipinski definition) is 3. The number of carbonyl (C=O) groups is 1. The van der Waals surface area contributed by atoms with E-state index < -0.39 is 0 Å². The number of carbonyl (C=O) groups excluding carboxylic acids is 1. The second-order valence-electron chi connectivity index (χ2n) is 5.56. The van der Waals surface area contributed by atoms with Crippen molar-refractivity contribution in [2.24, 2.45) is 0 Å². The summed E-state index contributed by atoms with van der Waals surface area (Å²) in [6.07, 6.45) is 2.02. The third-order valence-corrected chi connectivity index (χ3v) is 4.40. The summed E-state index contributed by atoms with van der Waals surface area (Å²) in [5.41, 5.74) is 2.35. The third kappa shape index (κ3) is 4.37. The van der Waals surface area contributed by atoms with Crippen LogP contribution in [0.25, 0.3) is 0 Å². The summed E-state index contributed by atoms with van der Waals surface area (Å²) in [6, 6.07) is 17.3. The van der Waals surface area contributed by atoms with Gasteiger partial charge in [0.25, 0.3) is 5.91 Å². The quantitative estimate of drug-likeness (QED) is 0.769. The fourth-order valence-electron chi connectivity index (χ4n) is 2.27. The topological polar surface area (TPSA) is 44.1 Å². The van der Waals surface area contributed by atoms with E-state index in [-0.39, 0.29) is 11.9 Å². The van der Waals surface area contributed by atoms with Gasteiger partial charge in [-0.1, -0.05) is 12.1 Å². The molecule has 0 bridgehead atoms. The lowest BCUT2D eigenvalue weighted by Crippen LogP contribution is -2.36. The van der Waals surface area contributed by atoms with Gasteiger partial charge in [0.2, 0.25) is 0 Å². The second-order valence-corrected chi connectivity index (χ2v) is 6.44. The van der Waals surface area contributed by atoms with Crippen molar-refractivity contribution in [2.75, 3.05) is 6.26 Å². The van der Waals surface area contributed by atoms with Gasteiger partial charge in [0, 0.05) is 23.0 Å². The minimum Gasteiger partial charge on any atom is -0.332 e. The van der Waals surface area contributed by atoms with Crippen LogP contribution in [0.5, 0.6) is 0 Å². The van der Waals surface area contributed by atoms with E-state index in [9.17, 15) is 4.79 Å². The summed E-state index contributed by atoms with van der Waals surface area (Å²) in [5.74, 6) is 0.0250. The van der Waals surface area contributed by atoms with Crippen molar-refractivity contribution < 1.29 is 4.79 Å². The smallest absolute Gasteiger partial charge is 0.254 e. The molecule has 0 saturated carbocycles. The molecule has 23 heavy (non-hydrogen) atoms. The fraction of sp³-hybridized carbons (Fsp3) is 0.263. The predicted octanol–water partition coefficient (Wildman–Crippen LogP) is 4.33. The predicted molar refractivity (Wildman–Crippen MR) is 94.4 cm³/mol. The molecule has 4 heteroatoms. The standard InChI is InChI=1S/C19H20N2OS/c1-14(2)21(13-16-6-4-15(12-20)5-7-16)19(22)17-8-10-18(23-3)11-9-17/h4-11,14H,13H2,1-3H3. The van der Waals surface area contributed by atoms with Crippen LogP contribution in [0.2, 0.25) is 0 Å². The summed E-state index contributed by atoms with van der Waals surface area (Å²) in [7, 11) is 0. The minimum absolute atomic E-state index is 0.0250. The normalized spacial score (nSPS) is 10.4. The molecular formula is C19H20N2OS. The summed E-state index contributed by atoms with van der Waals surface area (Å²) in [6.45, 7) is 4.56. The maximum atomic E-state index is 12.8. The van der Waals surface area contributed by atoms with E-state index in [0.29, 0.717) is 17.7 Å². The molecule has 0 N–H and O–H groups in total. The van der Waals surface area contributed by atoms with Crippen LogP contribution in [0.3, 0.4) is 0 Å². The Kier molecular flexibility index (Phi) is 5.84. The third-order valence-electron chi connectivity index (χ3n) is 3.66. The van der Waals surface area contributed by atoms with E-state index >= 15 is 0 Å². The van der Waals surface area contributed by atoms with Crippen LogP contribution in [0, 0.1) is 11.3 Å². The van der Waals surface area contributed by atoms with Gasteiger partial charge in [0.1, 0.15) is 0 Å². The zero-order valence-electron chi connectivity index (χ0n) is 13.6. The Labute approximate surface area is 141 Å². The Hall–Kier alpha value is -2.25. The first-order valence-electron chi connectivity index (χ1n) is 7.49. The largest absolute Gasteiger partial charge is 0.332 e. The van der Waals surface area contributed by atoms with Crippen LogP contribution in [-0.4, -0.2) is 23.1 Å². The molecule has 2 rings (SSSR count). The lowest BCUT2D eigenvalue weighted by atomic mass is 10.1. The molecule has 0 heterocycles. The molecule has 118 valence electrons. The summed E-state index contributed by atoms with van der Waals surface area (Å²) >= 11 is 1.66. The Morgan fingerprint density at radius 2 is 1.74 bits per heavy atom. The highest BCUT2D eigenvalue weighted by Gasteiger charge is 2.19. The van der Waals surface area contributed by atoms with E-state index in [1.807, 2.05) is 61.4 Å². The van der Waals surface area contributed by atoms with Gasteiger partial charge in [-0.2, -0.15) is 5.26 Å². The highest BCUT2D eigenvalue weighted by Crippen LogP contribution is 2.18. The van der Waals surface area contributed by atoms with Crippen molar-refractivity contribution in [1.82, 2.24) is 4.90 Å². The van der Waals surface area contributed by atoms with Crippen LogP contribution in [0.15, 0.2) is 53.4 Å².